The van der Waals surface area contributed by atoms with Crippen LogP contribution in [0.25, 0.3) is 10.9 Å². The highest BCUT2D eigenvalue weighted by molar-refractivity contribution is 5.94. The van der Waals surface area contributed by atoms with Gasteiger partial charge in [0.2, 0.25) is 0 Å². The van der Waals surface area contributed by atoms with Crippen molar-refractivity contribution in [3.05, 3.63) is 59.8 Å². The van der Waals surface area contributed by atoms with Crippen LogP contribution in [-0.2, 0) is 0 Å². The predicted octanol–water partition coefficient (Wildman–Crippen LogP) is 4.60. The molecule has 0 atom stereocenters. The van der Waals surface area contributed by atoms with E-state index in [1.165, 1.54) is 11.1 Å². The number of aromatic nitrogens is 1. The lowest BCUT2D eigenvalue weighted by atomic mass is 10.1. The minimum absolute atomic E-state index is 0.833. The number of hydrogen-bond acceptors (Lipinski definition) is 3. The van der Waals surface area contributed by atoms with E-state index < -0.39 is 0 Å². The van der Waals surface area contributed by atoms with Gasteiger partial charge in [0.1, 0.15) is 5.75 Å². The average molecular weight is 278 g/mol. The SMILES string of the molecule is COc1ccc2nccc(Nc3ccc(C)cc3C)c2c1. The lowest BCUT2D eigenvalue weighted by Gasteiger charge is -2.13. The topological polar surface area (TPSA) is 34.1 Å². The molecule has 0 fully saturated rings. The van der Waals surface area contributed by atoms with Gasteiger partial charge in [-0.05, 0) is 49.7 Å². The summed E-state index contributed by atoms with van der Waals surface area (Å²) in [5.74, 6) is 0.833. The Hall–Kier alpha value is -2.55. The molecule has 3 aromatic rings. The number of nitrogens with zero attached hydrogens (tertiary/aromatic N) is 1. The lowest BCUT2D eigenvalue weighted by Crippen LogP contribution is -1.95. The summed E-state index contributed by atoms with van der Waals surface area (Å²) >= 11 is 0. The minimum atomic E-state index is 0.833. The maximum absolute atomic E-state index is 5.31. The van der Waals surface area contributed by atoms with Crippen molar-refractivity contribution in [2.75, 3.05) is 12.4 Å². The van der Waals surface area contributed by atoms with Crippen LogP contribution in [0.1, 0.15) is 11.1 Å². The van der Waals surface area contributed by atoms with Gasteiger partial charge in [-0.3, -0.25) is 4.98 Å². The van der Waals surface area contributed by atoms with Crippen LogP contribution in [-0.4, -0.2) is 12.1 Å². The van der Waals surface area contributed by atoms with Gasteiger partial charge in [-0.1, -0.05) is 17.7 Å². The monoisotopic (exact) mass is 278 g/mol. The summed E-state index contributed by atoms with van der Waals surface area (Å²) in [6.45, 7) is 4.21. The van der Waals surface area contributed by atoms with Gasteiger partial charge in [-0.2, -0.15) is 0 Å². The third-order valence-electron chi connectivity index (χ3n) is 3.60. The first-order valence-electron chi connectivity index (χ1n) is 6.94. The number of hydrogen-bond donors (Lipinski definition) is 1. The Balaban J connectivity index is 2.07. The van der Waals surface area contributed by atoms with Crippen molar-refractivity contribution in [3.8, 4) is 5.75 Å². The normalized spacial score (nSPS) is 10.6. The second-order valence-corrected chi connectivity index (χ2v) is 5.18. The molecule has 0 spiro atoms. The summed E-state index contributed by atoms with van der Waals surface area (Å²) in [6, 6.07) is 14.3. The Labute approximate surface area is 124 Å². The standard InChI is InChI=1S/C18H18N2O/c1-12-4-6-16(13(2)10-12)20-18-8-9-19-17-7-5-14(21-3)11-15(17)18/h4-11H,1-3H3,(H,19,20). The van der Waals surface area contributed by atoms with E-state index >= 15 is 0 Å². The van der Waals surface area contributed by atoms with Crippen molar-refractivity contribution in [3.63, 3.8) is 0 Å². The number of nitrogens with one attached hydrogen (secondary N) is 1. The summed E-state index contributed by atoms with van der Waals surface area (Å²) in [6.07, 6.45) is 1.82. The molecular weight excluding hydrogens is 260 g/mol. The zero-order valence-corrected chi connectivity index (χ0v) is 12.5. The van der Waals surface area contributed by atoms with Crippen LogP contribution < -0.4 is 10.1 Å². The van der Waals surface area contributed by atoms with Crippen molar-refractivity contribution < 1.29 is 4.74 Å². The molecule has 1 heterocycles. The van der Waals surface area contributed by atoms with E-state index in [0.29, 0.717) is 0 Å². The van der Waals surface area contributed by atoms with Crippen molar-refractivity contribution in [2.45, 2.75) is 13.8 Å². The number of fused-ring (bicyclic) bond motifs is 1. The fourth-order valence-electron chi connectivity index (χ4n) is 2.46. The zero-order chi connectivity index (χ0) is 14.8. The van der Waals surface area contributed by atoms with Crippen molar-refractivity contribution in [1.82, 2.24) is 4.98 Å². The van der Waals surface area contributed by atoms with E-state index in [9.17, 15) is 0 Å². The van der Waals surface area contributed by atoms with Crippen LogP contribution in [0.3, 0.4) is 0 Å². The smallest absolute Gasteiger partial charge is 0.119 e. The highest BCUT2D eigenvalue weighted by Crippen LogP contribution is 2.29. The predicted molar refractivity (Wildman–Crippen MR) is 87.5 cm³/mol. The third kappa shape index (κ3) is 2.68. The number of pyridine rings is 1. The second-order valence-electron chi connectivity index (χ2n) is 5.18. The lowest BCUT2D eigenvalue weighted by molar-refractivity contribution is 0.415. The summed E-state index contributed by atoms with van der Waals surface area (Å²) < 4.78 is 5.31. The first kappa shape index (κ1) is 13.4. The number of aryl methyl sites for hydroxylation is 2. The van der Waals surface area contributed by atoms with Crippen LogP contribution in [0.4, 0.5) is 11.4 Å². The largest absolute Gasteiger partial charge is 0.497 e. The summed E-state index contributed by atoms with van der Waals surface area (Å²) in [4.78, 5) is 4.40. The Morgan fingerprint density at radius 1 is 0.952 bits per heavy atom. The zero-order valence-electron chi connectivity index (χ0n) is 12.5. The van der Waals surface area contributed by atoms with E-state index in [2.05, 4.69) is 42.3 Å². The molecule has 1 aromatic heterocycles. The van der Waals surface area contributed by atoms with Gasteiger partial charge in [-0.25, -0.2) is 0 Å². The average Bonchev–Trinajstić information content (AvgIpc) is 2.50. The van der Waals surface area contributed by atoms with E-state index in [0.717, 1.165) is 28.0 Å². The van der Waals surface area contributed by atoms with Crippen LogP contribution in [0.2, 0.25) is 0 Å². The summed E-state index contributed by atoms with van der Waals surface area (Å²) in [5, 5.41) is 4.55. The molecule has 21 heavy (non-hydrogen) atoms. The fourth-order valence-corrected chi connectivity index (χ4v) is 2.46. The Kier molecular flexibility index (Phi) is 3.48. The fraction of sp³-hybridized carbons (Fsp3) is 0.167. The van der Waals surface area contributed by atoms with Gasteiger partial charge < -0.3 is 10.1 Å². The molecule has 0 saturated carbocycles. The van der Waals surface area contributed by atoms with Gasteiger partial charge in [0, 0.05) is 23.0 Å². The first-order chi connectivity index (χ1) is 10.2. The summed E-state index contributed by atoms with van der Waals surface area (Å²) in [5.41, 5.74) is 5.58. The van der Waals surface area contributed by atoms with Crippen LogP contribution in [0, 0.1) is 13.8 Å². The van der Waals surface area contributed by atoms with Gasteiger partial charge in [0.25, 0.3) is 0 Å². The summed E-state index contributed by atoms with van der Waals surface area (Å²) in [7, 11) is 1.68. The van der Waals surface area contributed by atoms with Gasteiger partial charge in [0.05, 0.1) is 12.6 Å². The number of methoxy groups -OCH3 is 1. The minimum Gasteiger partial charge on any atom is -0.497 e. The van der Waals surface area contributed by atoms with E-state index in [1.54, 1.807) is 7.11 Å². The highest BCUT2D eigenvalue weighted by Gasteiger charge is 2.05. The van der Waals surface area contributed by atoms with E-state index in [1.807, 2.05) is 30.5 Å². The molecule has 106 valence electrons. The molecule has 0 aliphatic carbocycles. The molecule has 0 saturated heterocycles. The molecular formula is C18H18N2O. The molecule has 0 bridgehead atoms. The third-order valence-corrected chi connectivity index (χ3v) is 3.60. The van der Waals surface area contributed by atoms with Crippen LogP contribution in [0.15, 0.2) is 48.7 Å². The Morgan fingerprint density at radius 3 is 2.57 bits per heavy atom. The molecule has 3 nitrogen and oxygen atoms in total. The Bertz CT molecular complexity index is 796. The molecule has 0 radical (unpaired) electrons. The van der Waals surface area contributed by atoms with Gasteiger partial charge >= 0.3 is 0 Å². The van der Waals surface area contributed by atoms with Crippen LogP contribution in [0.5, 0.6) is 5.75 Å². The maximum atomic E-state index is 5.31. The molecule has 0 aliphatic rings. The van der Waals surface area contributed by atoms with Crippen molar-refractivity contribution >= 4 is 22.3 Å². The molecule has 3 rings (SSSR count). The first-order valence-corrected chi connectivity index (χ1v) is 6.94. The maximum Gasteiger partial charge on any atom is 0.119 e. The molecule has 0 aliphatic heterocycles. The molecule has 0 amide bonds. The van der Waals surface area contributed by atoms with Crippen LogP contribution >= 0.6 is 0 Å². The second kappa shape index (κ2) is 5.44. The van der Waals surface area contributed by atoms with Crippen molar-refractivity contribution in [1.29, 1.82) is 0 Å². The van der Waals surface area contributed by atoms with E-state index in [4.69, 9.17) is 4.74 Å². The highest BCUT2D eigenvalue weighted by atomic mass is 16.5. The number of ether oxygens (including phenoxy) is 1. The molecule has 3 heteroatoms. The molecule has 2 aromatic carbocycles. The number of benzene rings is 2. The number of anilines is 2. The molecule has 0 unspecified atom stereocenters. The van der Waals surface area contributed by atoms with Crippen molar-refractivity contribution in [2.24, 2.45) is 0 Å². The Morgan fingerprint density at radius 2 is 1.81 bits per heavy atom. The van der Waals surface area contributed by atoms with E-state index in [-0.39, 0.29) is 0 Å². The van der Waals surface area contributed by atoms with Gasteiger partial charge in [0.15, 0.2) is 0 Å². The quantitative estimate of drug-likeness (QED) is 0.760. The van der Waals surface area contributed by atoms with Gasteiger partial charge in [-0.15, -0.1) is 0 Å². The molecule has 1 N–H and O–H groups in total. The number of rotatable bonds is 3.